The van der Waals surface area contributed by atoms with Crippen LogP contribution in [0, 0.1) is 6.92 Å². The van der Waals surface area contributed by atoms with Crippen molar-refractivity contribution in [1.29, 1.82) is 0 Å². The van der Waals surface area contributed by atoms with Gasteiger partial charge in [0.15, 0.2) is 0 Å². The highest BCUT2D eigenvalue weighted by atomic mass is 32.1. The van der Waals surface area contributed by atoms with Crippen molar-refractivity contribution in [3.8, 4) is 0 Å². The fourth-order valence-electron chi connectivity index (χ4n) is 2.18. The molecule has 0 aliphatic carbocycles. The fourth-order valence-corrected chi connectivity index (χ4v) is 3.17. The highest BCUT2D eigenvalue weighted by Gasteiger charge is 2.22. The summed E-state index contributed by atoms with van der Waals surface area (Å²) >= 11 is 1.46. The zero-order valence-electron chi connectivity index (χ0n) is 11.0. The van der Waals surface area contributed by atoms with Gasteiger partial charge in [-0.05, 0) is 13.3 Å². The molecule has 2 aromatic heterocycles. The van der Waals surface area contributed by atoms with Gasteiger partial charge in [-0.3, -0.25) is 4.79 Å². The van der Waals surface area contributed by atoms with Crippen LogP contribution >= 0.6 is 11.3 Å². The molecule has 2 aromatic rings. The minimum atomic E-state index is -0.120. The Kier molecular flexibility index (Phi) is 3.24. The molecule has 0 N–H and O–H groups in total. The number of morpholine rings is 1. The normalized spacial score (nSPS) is 20.1. The molecule has 3 rings (SSSR count). The van der Waals surface area contributed by atoms with E-state index in [0.29, 0.717) is 11.6 Å². The third-order valence-electron chi connectivity index (χ3n) is 3.23. The first kappa shape index (κ1) is 12.6. The van der Waals surface area contributed by atoms with E-state index in [9.17, 15) is 4.79 Å². The maximum atomic E-state index is 11.8. The summed E-state index contributed by atoms with van der Waals surface area (Å²) in [5.41, 5.74) is 0.610. The van der Waals surface area contributed by atoms with Crippen LogP contribution in [-0.2, 0) is 4.74 Å². The summed E-state index contributed by atoms with van der Waals surface area (Å²) in [5.74, 6) is 0. The number of rotatable bonds is 2. The largest absolute Gasteiger partial charge is 0.375 e. The summed E-state index contributed by atoms with van der Waals surface area (Å²) in [6.45, 7) is 6.27. The van der Waals surface area contributed by atoms with Gasteiger partial charge in [0, 0.05) is 24.8 Å². The molecule has 0 spiro atoms. The van der Waals surface area contributed by atoms with Crippen molar-refractivity contribution in [3.63, 3.8) is 0 Å². The molecule has 102 valence electrons. The average molecular weight is 280 g/mol. The van der Waals surface area contributed by atoms with E-state index in [1.54, 1.807) is 0 Å². The maximum Gasteiger partial charge on any atom is 0.275 e. The summed E-state index contributed by atoms with van der Waals surface area (Å²) in [6, 6.07) is 1.50. The Morgan fingerprint density at radius 3 is 3.21 bits per heavy atom. The summed E-state index contributed by atoms with van der Waals surface area (Å²) in [4.78, 5) is 19.0. The molecule has 19 heavy (non-hydrogen) atoms. The SMILES string of the molecule is CC[C@@H]1CN(c2nn3c(=O)cc(C)nc3s2)CCO1. The molecular weight excluding hydrogens is 264 g/mol. The van der Waals surface area contributed by atoms with E-state index in [-0.39, 0.29) is 11.7 Å². The standard InChI is InChI=1S/C12H16N4O2S/c1-3-9-7-15(4-5-18-9)12-14-16-10(17)6-8(2)13-11(16)19-12/h6,9H,3-5,7H2,1-2H3/t9-/m1/s1. The lowest BCUT2D eigenvalue weighted by molar-refractivity contribution is 0.0383. The highest BCUT2D eigenvalue weighted by molar-refractivity contribution is 7.20. The first-order valence-corrected chi connectivity index (χ1v) is 7.23. The molecule has 0 bridgehead atoms. The number of aromatic nitrogens is 3. The van der Waals surface area contributed by atoms with Crippen LogP contribution in [0.2, 0.25) is 0 Å². The molecule has 0 aromatic carbocycles. The number of hydrogen-bond donors (Lipinski definition) is 0. The molecule has 3 heterocycles. The zero-order valence-corrected chi connectivity index (χ0v) is 11.8. The summed E-state index contributed by atoms with van der Waals surface area (Å²) < 4.78 is 7.03. The van der Waals surface area contributed by atoms with Crippen LogP contribution in [0.5, 0.6) is 0 Å². The molecule has 6 nitrogen and oxygen atoms in total. The minimum absolute atomic E-state index is 0.120. The molecule has 7 heteroatoms. The highest BCUT2D eigenvalue weighted by Crippen LogP contribution is 2.23. The van der Waals surface area contributed by atoms with Crippen LogP contribution in [0.3, 0.4) is 0 Å². The molecule has 0 saturated carbocycles. The van der Waals surface area contributed by atoms with Crippen molar-refractivity contribution in [1.82, 2.24) is 14.6 Å². The predicted molar refractivity (Wildman–Crippen MR) is 74.1 cm³/mol. The number of ether oxygens (including phenoxy) is 1. The molecule has 0 radical (unpaired) electrons. The topological polar surface area (TPSA) is 59.7 Å². The van der Waals surface area contributed by atoms with Crippen molar-refractivity contribution in [2.75, 3.05) is 24.6 Å². The van der Waals surface area contributed by atoms with E-state index in [0.717, 1.165) is 30.3 Å². The van der Waals surface area contributed by atoms with Gasteiger partial charge in [-0.25, -0.2) is 4.98 Å². The lowest BCUT2D eigenvalue weighted by Crippen LogP contribution is -2.42. The number of nitrogens with zero attached hydrogens (tertiary/aromatic N) is 4. The monoisotopic (exact) mass is 280 g/mol. The maximum absolute atomic E-state index is 11.8. The van der Waals surface area contributed by atoms with Gasteiger partial charge < -0.3 is 9.64 Å². The Labute approximate surface area is 114 Å². The fraction of sp³-hybridized carbons (Fsp3) is 0.583. The lowest BCUT2D eigenvalue weighted by Gasteiger charge is -2.31. The van der Waals surface area contributed by atoms with E-state index in [1.165, 1.54) is 21.9 Å². The average Bonchev–Trinajstić information content (AvgIpc) is 2.83. The summed E-state index contributed by atoms with van der Waals surface area (Å²) in [6.07, 6.45) is 1.23. The smallest absolute Gasteiger partial charge is 0.275 e. The quantitative estimate of drug-likeness (QED) is 0.823. The van der Waals surface area contributed by atoms with Gasteiger partial charge in [-0.15, -0.1) is 5.10 Å². The molecule has 1 aliphatic rings. The van der Waals surface area contributed by atoms with Gasteiger partial charge in [0.2, 0.25) is 10.1 Å². The minimum Gasteiger partial charge on any atom is -0.375 e. The Balaban J connectivity index is 1.97. The first-order chi connectivity index (χ1) is 9.17. The van der Waals surface area contributed by atoms with Gasteiger partial charge in [-0.2, -0.15) is 4.52 Å². The van der Waals surface area contributed by atoms with Gasteiger partial charge in [-0.1, -0.05) is 18.3 Å². The predicted octanol–water partition coefficient (Wildman–Crippen LogP) is 1.07. The third kappa shape index (κ3) is 2.35. The second kappa shape index (κ2) is 4.90. The first-order valence-electron chi connectivity index (χ1n) is 6.41. The van der Waals surface area contributed by atoms with Crippen LogP contribution < -0.4 is 10.5 Å². The molecule has 1 fully saturated rings. The Morgan fingerprint density at radius 2 is 2.42 bits per heavy atom. The van der Waals surface area contributed by atoms with Gasteiger partial charge in [0.25, 0.3) is 5.56 Å². The van der Waals surface area contributed by atoms with E-state index < -0.39 is 0 Å². The van der Waals surface area contributed by atoms with Gasteiger partial charge in [0.1, 0.15) is 0 Å². The van der Waals surface area contributed by atoms with Gasteiger partial charge >= 0.3 is 0 Å². The van der Waals surface area contributed by atoms with E-state index in [2.05, 4.69) is 21.9 Å². The van der Waals surface area contributed by atoms with Crippen LogP contribution in [0.4, 0.5) is 5.13 Å². The molecule has 1 aliphatic heterocycles. The van der Waals surface area contributed by atoms with Crippen molar-refractivity contribution < 1.29 is 4.74 Å². The Bertz CT molecular complexity index is 651. The van der Waals surface area contributed by atoms with Crippen molar-refractivity contribution in [3.05, 3.63) is 22.1 Å². The summed E-state index contributed by atoms with van der Waals surface area (Å²) in [7, 11) is 0. The zero-order chi connectivity index (χ0) is 13.4. The molecule has 1 saturated heterocycles. The van der Waals surface area contributed by atoms with Crippen LogP contribution in [0.1, 0.15) is 19.0 Å². The van der Waals surface area contributed by atoms with Crippen molar-refractivity contribution in [2.24, 2.45) is 0 Å². The van der Waals surface area contributed by atoms with Crippen LogP contribution in [0.25, 0.3) is 4.96 Å². The Morgan fingerprint density at radius 1 is 1.58 bits per heavy atom. The third-order valence-corrected chi connectivity index (χ3v) is 4.20. The molecule has 1 atom stereocenters. The van der Waals surface area contributed by atoms with E-state index >= 15 is 0 Å². The summed E-state index contributed by atoms with van der Waals surface area (Å²) in [5, 5.41) is 5.22. The van der Waals surface area contributed by atoms with Crippen LogP contribution in [0.15, 0.2) is 10.9 Å². The Hall–Kier alpha value is -1.47. The van der Waals surface area contributed by atoms with E-state index in [1.807, 2.05) is 6.92 Å². The molecular formula is C12H16N4O2S. The van der Waals surface area contributed by atoms with Gasteiger partial charge in [0.05, 0.1) is 12.7 Å². The number of aryl methyl sites for hydroxylation is 1. The van der Waals surface area contributed by atoms with Crippen LogP contribution in [-0.4, -0.2) is 40.4 Å². The number of fused-ring (bicyclic) bond motifs is 1. The van der Waals surface area contributed by atoms with E-state index in [4.69, 9.17) is 4.74 Å². The second-order valence-corrected chi connectivity index (χ2v) is 5.60. The lowest BCUT2D eigenvalue weighted by atomic mass is 10.2. The number of anilines is 1. The second-order valence-electron chi connectivity index (χ2n) is 4.66. The molecule has 0 unspecified atom stereocenters. The van der Waals surface area contributed by atoms with Crippen molar-refractivity contribution >= 4 is 21.4 Å². The number of hydrogen-bond acceptors (Lipinski definition) is 6. The molecule has 0 amide bonds. The van der Waals surface area contributed by atoms with Crippen molar-refractivity contribution in [2.45, 2.75) is 26.4 Å².